The molecular weight excluding hydrogens is 716 g/mol. The standard InChI is InChI=1S/C23H15ClF7IN8O2/c1-10-5-11(32)6-13(18(33)41)17(10)36-20(42)15-7-12(37-40(15)19-14(24)3-2-4-34-19)9-39-35-8-16(38-39)21(25,22(26,27)28)23(29,30)31/h2-8H,9H2,1H3,(H2,33,41)(H,36,42). The first-order chi connectivity index (χ1) is 19.4. The topological polar surface area (TPSA) is 134 Å². The van der Waals surface area contributed by atoms with Crippen LogP contribution in [0.3, 0.4) is 0 Å². The molecule has 3 aromatic heterocycles. The van der Waals surface area contributed by atoms with E-state index >= 15 is 0 Å². The Kier molecular flexibility index (Phi) is 8.24. The van der Waals surface area contributed by atoms with Crippen molar-refractivity contribution in [3.05, 3.63) is 79.5 Å². The number of nitrogens with zero attached hydrogens (tertiary/aromatic N) is 6. The summed E-state index contributed by atoms with van der Waals surface area (Å²) in [6, 6.07) is 7.10. The predicted octanol–water partition coefficient (Wildman–Crippen LogP) is 5.11. The minimum Gasteiger partial charge on any atom is -0.366 e. The maximum atomic E-state index is 14.4. The lowest BCUT2D eigenvalue weighted by molar-refractivity contribution is -0.350. The summed E-state index contributed by atoms with van der Waals surface area (Å²) in [7, 11) is 0. The second kappa shape index (κ2) is 11.1. The van der Waals surface area contributed by atoms with E-state index in [2.05, 4.69) is 25.6 Å². The van der Waals surface area contributed by atoms with Crippen LogP contribution in [0.25, 0.3) is 5.82 Å². The van der Waals surface area contributed by atoms with Crippen LogP contribution < -0.4 is 11.1 Å². The van der Waals surface area contributed by atoms with Gasteiger partial charge in [-0.3, -0.25) is 9.59 Å². The first kappa shape index (κ1) is 31.1. The van der Waals surface area contributed by atoms with Crippen LogP contribution in [0.4, 0.5) is 36.4 Å². The number of halogens is 9. The van der Waals surface area contributed by atoms with Crippen LogP contribution in [0.15, 0.2) is 42.7 Å². The van der Waals surface area contributed by atoms with E-state index in [1.807, 2.05) is 22.6 Å². The molecule has 0 radical (unpaired) electrons. The zero-order valence-corrected chi connectivity index (χ0v) is 23.6. The van der Waals surface area contributed by atoms with Gasteiger partial charge in [0.05, 0.1) is 28.2 Å². The monoisotopic (exact) mass is 730 g/mol. The van der Waals surface area contributed by atoms with Crippen LogP contribution >= 0.6 is 34.2 Å². The van der Waals surface area contributed by atoms with E-state index in [4.69, 9.17) is 17.3 Å². The Morgan fingerprint density at radius 3 is 2.33 bits per heavy atom. The van der Waals surface area contributed by atoms with Crippen molar-refractivity contribution >= 4 is 51.7 Å². The van der Waals surface area contributed by atoms with Crippen LogP contribution in [0.5, 0.6) is 0 Å². The van der Waals surface area contributed by atoms with E-state index in [-0.39, 0.29) is 39.7 Å². The minimum atomic E-state index is -6.38. The Morgan fingerprint density at radius 2 is 1.74 bits per heavy atom. The lowest BCUT2D eigenvalue weighted by Crippen LogP contribution is -2.50. The number of carbonyl (C=O) groups excluding carboxylic acids is 2. The number of hydrogen-bond donors (Lipinski definition) is 2. The summed E-state index contributed by atoms with van der Waals surface area (Å²) in [5.74, 6) is -1.78. The van der Waals surface area contributed by atoms with E-state index in [0.29, 0.717) is 13.9 Å². The number of aryl methyl sites for hydroxylation is 1. The summed E-state index contributed by atoms with van der Waals surface area (Å²) in [6.07, 6.45) is -11.5. The average molecular weight is 731 g/mol. The van der Waals surface area contributed by atoms with Crippen molar-refractivity contribution in [2.75, 3.05) is 5.32 Å². The predicted molar refractivity (Wildman–Crippen MR) is 141 cm³/mol. The van der Waals surface area contributed by atoms with E-state index in [0.717, 1.165) is 10.7 Å². The maximum absolute atomic E-state index is 14.4. The molecule has 222 valence electrons. The number of pyridine rings is 1. The largest absolute Gasteiger partial charge is 0.437 e. The molecule has 3 N–H and O–H groups in total. The number of nitrogens with one attached hydrogen (secondary N) is 1. The molecule has 4 aromatic rings. The van der Waals surface area contributed by atoms with Gasteiger partial charge in [-0.2, -0.15) is 46.4 Å². The zero-order valence-electron chi connectivity index (χ0n) is 20.7. The fourth-order valence-corrected chi connectivity index (χ4v) is 4.75. The number of alkyl halides is 7. The second-order valence-corrected chi connectivity index (χ2v) is 10.3. The van der Waals surface area contributed by atoms with Crippen LogP contribution in [0, 0.1) is 10.5 Å². The molecular formula is C23H15ClF7IN8O2. The Bertz CT molecular complexity index is 1670. The fourth-order valence-electron chi connectivity index (χ4n) is 3.77. The molecule has 19 heteroatoms. The molecule has 0 fully saturated rings. The van der Waals surface area contributed by atoms with Crippen LogP contribution in [-0.2, 0) is 12.2 Å². The molecule has 0 aliphatic rings. The van der Waals surface area contributed by atoms with Crippen molar-refractivity contribution < 1.29 is 40.3 Å². The van der Waals surface area contributed by atoms with Gasteiger partial charge in [-0.05, 0) is 65.4 Å². The summed E-state index contributed by atoms with van der Waals surface area (Å²) in [6.45, 7) is 0.912. The van der Waals surface area contributed by atoms with Crippen molar-refractivity contribution in [3.8, 4) is 5.82 Å². The number of anilines is 1. The van der Waals surface area contributed by atoms with E-state index in [1.54, 1.807) is 13.0 Å². The van der Waals surface area contributed by atoms with Crippen molar-refractivity contribution in [3.63, 3.8) is 0 Å². The number of aromatic nitrogens is 6. The van der Waals surface area contributed by atoms with Gasteiger partial charge >= 0.3 is 18.0 Å². The molecule has 0 aliphatic heterocycles. The molecule has 0 atom stereocenters. The van der Waals surface area contributed by atoms with Gasteiger partial charge in [0.25, 0.3) is 11.8 Å². The third-order valence-corrected chi connectivity index (χ3v) is 6.63. The average Bonchev–Trinajstić information content (AvgIpc) is 3.51. The van der Waals surface area contributed by atoms with Crippen LogP contribution in [0.1, 0.15) is 37.8 Å². The Labute approximate surface area is 249 Å². The molecule has 4 rings (SSSR count). The number of primary amides is 1. The van der Waals surface area contributed by atoms with Gasteiger partial charge in [0.15, 0.2) is 5.82 Å². The van der Waals surface area contributed by atoms with Gasteiger partial charge in [0, 0.05) is 9.77 Å². The van der Waals surface area contributed by atoms with E-state index in [1.165, 1.54) is 24.4 Å². The maximum Gasteiger partial charge on any atom is 0.437 e. The van der Waals surface area contributed by atoms with Gasteiger partial charge in [-0.1, -0.05) is 11.6 Å². The summed E-state index contributed by atoms with van der Waals surface area (Å²) in [5, 5.41) is 13.1. The van der Waals surface area contributed by atoms with Crippen molar-refractivity contribution in [1.29, 1.82) is 0 Å². The van der Waals surface area contributed by atoms with E-state index < -0.39 is 42.1 Å². The number of carbonyl (C=O) groups is 2. The van der Waals surface area contributed by atoms with Gasteiger partial charge in [0.1, 0.15) is 17.9 Å². The molecule has 1 aromatic carbocycles. The minimum absolute atomic E-state index is 0.00721. The van der Waals surface area contributed by atoms with Crippen molar-refractivity contribution in [1.82, 2.24) is 29.8 Å². The number of amides is 2. The van der Waals surface area contributed by atoms with Crippen LogP contribution in [0.2, 0.25) is 5.02 Å². The Morgan fingerprint density at radius 1 is 1.07 bits per heavy atom. The molecule has 0 unspecified atom stereocenters. The normalized spacial score (nSPS) is 12.4. The first-order valence-corrected chi connectivity index (χ1v) is 12.7. The smallest absolute Gasteiger partial charge is 0.366 e. The molecule has 0 spiro atoms. The molecule has 0 saturated carbocycles. The molecule has 10 nitrogen and oxygen atoms in total. The summed E-state index contributed by atoms with van der Waals surface area (Å²) in [4.78, 5) is 29.8. The quantitative estimate of drug-likeness (QED) is 0.201. The Balaban J connectivity index is 1.76. The van der Waals surface area contributed by atoms with Gasteiger partial charge in [-0.25, -0.2) is 14.1 Å². The highest BCUT2D eigenvalue weighted by Crippen LogP contribution is 2.52. The second-order valence-electron chi connectivity index (χ2n) is 8.62. The molecule has 2 amide bonds. The van der Waals surface area contributed by atoms with Crippen LogP contribution in [-0.4, -0.2) is 53.9 Å². The lowest BCUT2D eigenvalue weighted by atomic mass is 10.0. The van der Waals surface area contributed by atoms with E-state index in [9.17, 15) is 40.3 Å². The number of hydrogen-bond acceptors (Lipinski definition) is 6. The van der Waals surface area contributed by atoms with Crippen molar-refractivity contribution in [2.24, 2.45) is 5.73 Å². The third-order valence-electron chi connectivity index (χ3n) is 5.71. The third kappa shape index (κ3) is 5.76. The lowest BCUT2D eigenvalue weighted by Gasteiger charge is -2.27. The van der Waals surface area contributed by atoms with Gasteiger partial charge < -0.3 is 11.1 Å². The zero-order chi connectivity index (χ0) is 31.2. The first-order valence-electron chi connectivity index (χ1n) is 11.3. The SMILES string of the molecule is Cc1cc(I)cc(C(N)=O)c1NC(=O)c1cc(Cn2ncc(C(F)(C(F)(F)F)C(F)(F)F)n2)nn1-c1ncccc1Cl. The molecule has 0 saturated heterocycles. The highest BCUT2D eigenvalue weighted by Gasteiger charge is 2.75. The molecule has 0 bridgehead atoms. The highest BCUT2D eigenvalue weighted by molar-refractivity contribution is 14.1. The molecule has 0 aliphatic carbocycles. The molecule has 42 heavy (non-hydrogen) atoms. The molecule has 3 heterocycles. The summed E-state index contributed by atoms with van der Waals surface area (Å²) < 4.78 is 94.7. The number of nitrogens with two attached hydrogens (primary N) is 1. The van der Waals surface area contributed by atoms with Crippen molar-refractivity contribution in [2.45, 2.75) is 31.5 Å². The summed E-state index contributed by atoms with van der Waals surface area (Å²) >= 11 is 8.16. The fraction of sp³-hybridized carbons (Fsp3) is 0.217. The Hall–Kier alpha value is -3.81. The highest BCUT2D eigenvalue weighted by atomic mass is 127. The van der Waals surface area contributed by atoms with Gasteiger partial charge in [-0.15, -0.1) is 0 Å². The number of rotatable bonds is 7. The van der Waals surface area contributed by atoms with Gasteiger partial charge in [0.2, 0.25) is 0 Å². The number of benzene rings is 1. The summed E-state index contributed by atoms with van der Waals surface area (Å²) in [5.41, 5.74) is -2.25.